The Kier molecular flexibility index (Phi) is 3.76. The highest BCUT2D eigenvalue weighted by atomic mass is 16.5. The van der Waals surface area contributed by atoms with Crippen molar-refractivity contribution in [2.24, 2.45) is 23.2 Å². The van der Waals surface area contributed by atoms with Crippen molar-refractivity contribution < 1.29 is 14.6 Å². The van der Waals surface area contributed by atoms with Gasteiger partial charge in [0.15, 0.2) is 0 Å². The van der Waals surface area contributed by atoms with Crippen LogP contribution in [-0.4, -0.2) is 24.3 Å². The molecule has 0 radical (unpaired) electrons. The van der Waals surface area contributed by atoms with Crippen LogP contribution in [0.1, 0.15) is 46.0 Å². The maximum absolute atomic E-state index is 11.7. The third-order valence-electron chi connectivity index (χ3n) is 5.19. The van der Waals surface area contributed by atoms with Crippen molar-refractivity contribution >= 4 is 5.97 Å². The molecule has 2 aliphatic rings. The van der Waals surface area contributed by atoms with Crippen LogP contribution in [0.5, 0.6) is 0 Å². The second-order valence-corrected chi connectivity index (χ2v) is 6.04. The molecule has 3 atom stereocenters. The molecule has 0 bridgehead atoms. The fourth-order valence-corrected chi connectivity index (χ4v) is 3.58. The maximum Gasteiger partial charge on any atom is 0.310 e. The number of carboxylic acid groups (broad SMARTS) is 1. The molecular weight excluding hydrogens is 216 g/mol. The lowest BCUT2D eigenvalue weighted by molar-refractivity contribution is -0.162. The molecule has 3 unspecified atom stereocenters. The number of rotatable bonds is 2. The predicted molar refractivity (Wildman–Crippen MR) is 65.8 cm³/mol. The molecule has 1 heterocycles. The number of hydrogen-bond acceptors (Lipinski definition) is 2. The van der Waals surface area contributed by atoms with Crippen molar-refractivity contribution in [2.45, 2.75) is 46.0 Å². The van der Waals surface area contributed by atoms with E-state index in [1.807, 2.05) is 0 Å². The van der Waals surface area contributed by atoms with Gasteiger partial charge in [-0.1, -0.05) is 20.3 Å². The van der Waals surface area contributed by atoms with Crippen molar-refractivity contribution in [3.8, 4) is 0 Å². The van der Waals surface area contributed by atoms with E-state index < -0.39 is 11.4 Å². The molecule has 3 heteroatoms. The molecule has 1 aliphatic carbocycles. The van der Waals surface area contributed by atoms with E-state index in [0.717, 1.165) is 18.8 Å². The first-order valence-corrected chi connectivity index (χ1v) is 6.87. The van der Waals surface area contributed by atoms with Gasteiger partial charge in [0.1, 0.15) is 0 Å². The minimum atomic E-state index is -0.590. The Balaban J connectivity index is 2.13. The molecular formula is C14H24O3. The largest absolute Gasteiger partial charge is 0.481 e. The van der Waals surface area contributed by atoms with Crippen LogP contribution in [0.2, 0.25) is 0 Å². The number of carboxylic acids is 1. The molecule has 0 spiro atoms. The number of carbonyl (C=O) groups is 1. The molecule has 1 saturated carbocycles. The quantitative estimate of drug-likeness (QED) is 0.807. The van der Waals surface area contributed by atoms with Crippen LogP contribution in [0.4, 0.5) is 0 Å². The maximum atomic E-state index is 11.7. The van der Waals surface area contributed by atoms with Crippen molar-refractivity contribution in [1.82, 2.24) is 0 Å². The fraction of sp³-hybridized carbons (Fsp3) is 0.929. The minimum Gasteiger partial charge on any atom is -0.481 e. The Bertz CT molecular complexity index is 281. The highest BCUT2D eigenvalue weighted by molar-refractivity contribution is 5.75. The van der Waals surface area contributed by atoms with E-state index in [4.69, 9.17) is 4.74 Å². The SMILES string of the molecule is CC1CCC(C2(C(=O)O)CCOCC2)CC1C. The molecule has 1 saturated heterocycles. The minimum absolute atomic E-state index is 0.357. The topological polar surface area (TPSA) is 46.5 Å². The van der Waals surface area contributed by atoms with Gasteiger partial charge in [-0.25, -0.2) is 0 Å². The zero-order valence-electron chi connectivity index (χ0n) is 10.9. The molecule has 1 aliphatic heterocycles. The third-order valence-corrected chi connectivity index (χ3v) is 5.19. The van der Waals surface area contributed by atoms with Gasteiger partial charge in [0.05, 0.1) is 5.41 Å². The van der Waals surface area contributed by atoms with E-state index in [2.05, 4.69) is 13.8 Å². The molecule has 98 valence electrons. The van der Waals surface area contributed by atoms with Crippen molar-refractivity contribution in [3.63, 3.8) is 0 Å². The Morgan fingerprint density at radius 2 is 1.82 bits per heavy atom. The standard InChI is InChI=1S/C14H24O3/c1-10-3-4-12(9-11(10)2)14(13(15)16)5-7-17-8-6-14/h10-12H,3-9H2,1-2H3,(H,15,16). The normalized spacial score (nSPS) is 37.6. The summed E-state index contributed by atoms with van der Waals surface area (Å²) in [5.41, 5.74) is -0.493. The number of ether oxygens (including phenoxy) is 1. The van der Waals surface area contributed by atoms with Crippen LogP contribution in [0.3, 0.4) is 0 Å². The van der Waals surface area contributed by atoms with Crippen LogP contribution < -0.4 is 0 Å². The lowest BCUT2D eigenvalue weighted by atomic mass is 9.61. The van der Waals surface area contributed by atoms with Crippen molar-refractivity contribution in [3.05, 3.63) is 0 Å². The molecule has 0 aromatic rings. The van der Waals surface area contributed by atoms with Crippen LogP contribution in [0, 0.1) is 23.2 Å². The second kappa shape index (κ2) is 4.97. The zero-order valence-corrected chi connectivity index (χ0v) is 10.9. The zero-order chi connectivity index (χ0) is 12.5. The molecule has 0 aromatic carbocycles. The Morgan fingerprint density at radius 3 is 2.35 bits per heavy atom. The van der Waals surface area contributed by atoms with E-state index in [1.165, 1.54) is 6.42 Å². The van der Waals surface area contributed by atoms with E-state index in [-0.39, 0.29) is 0 Å². The summed E-state index contributed by atoms with van der Waals surface area (Å²) in [6.07, 6.45) is 4.75. The van der Waals surface area contributed by atoms with Crippen molar-refractivity contribution in [2.75, 3.05) is 13.2 Å². The van der Waals surface area contributed by atoms with Gasteiger partial charge in [0.25, 0.3) is 0 Å². The first-order chi connectivity index (χ1) is 8.06. The summed E-state index contributed by atoms with van der Waals surface area (Å²) in [5.74, 6) is 1.17. The van der Waals surface area contributed by atoms with E-state index in [1.54, 1.807) is 0 Å². The summed E-state index contributed by atoms with van der Waals surface area (Å²) in [5, 5.41) is 9.64. The van der Waals surface area contributed by atoms with Gasteiger partial charge in [-0.3, -0.25) is 4.79 Å². The fourth-order valence-electron chi connectivity index (χ4n) is 3.58. The summed E-state index contributed by atoms with van der Waals surface area (Å²) in [4.78, 5) is 11.7. The van der Waals surface area contributed by atoms with E-state index in [9.17, 15) is 9.90 Å². The van der Waals surface area contributed by atoms with Gasteiger partial charge >= 0.3 is 5.97 Å². The highest BCUT2D eigenvalue weighted by Gasteiger charge is 2.48. The second-order valence-electron chi connectivity index (χ2n) is 6.04. The lowest BCUT2D eigenvalue weighted by Gasteiger charge is -2.44. The molecule has 17 heavy (non-hydrogen) atoms. The van der Waals surface area contributed by atoms with Gasteiger partial charge in [-0.15, -0.1) is 0 Å². The van der Waals surface area contributed by atoms with E-state index in [0.29, 0.717) is 37.9 Å². The number of aliphatic carboxylic acids is 1. The van der Waals surface area contributed by atoms with E-state index >= 15 is 0 Å². The average Bonchev–Trinajstić information content (AvgIpc) is 2.33. The first kappa shape index (κ1) is 12.9. The molecule has 1 N–H and O–H groups in total. The molecule has 3 nitrogen and oxygen atoms in total. The van der Waals surface area contributed by atoms with Gasteiger partial charge < -0.3 is 9.84 Å². The number of hydrogen-bond donors (Lipinski definition) is 1. The van der Waals surface area contributed by atoms with Crippen LogP contribution in [0.15, 0.2) is 0 Å². The molecule has 0 aromatic heterocycles. The predicted octanol–water partition coefficient (Wildman–Crippen LogP) is 2.94. The summed E-state index contributed by atoms with van der Waals surface area (Å²) in [6.45, 7) is 5.80. The Hall–Kier alpha value is -0.570. The average molecular weight is 240 g/mol. The summed E-state index contributed by atoms with van der Waals surface area (Å²) >= 11 is 0. The molecule has 2 rings (SSSR count). The Labute approximate surface area is 104 Å². The van der Waals surface area contributed by atoms with Crippen molar-refractivity contribution in [1.29, 1.82) is 0 Å². The van der Waals surface area contributed by atoms with Crippen LogP contribution in [0.25, 0.3) is 0 Å². The van der Waals surface area contributed by atoms with Crippen LogP contribution in [-0.2, 0) is 9.53 Å². The first-order valence-electron chi connectivity index (χ1n) is 6.87. The summed E-state index contributed by atoms with van der Waals surface area (Å²) < 4.78 is 5.35. The molecule has 0 amide bonds. The van der Waals surface area contributed by atoms with Gasteiger partial charge in [-0.05, 0) is 43.4 Å². The van der Waals surface area contributed by atoms with Gasteiger partial charge in [0, 0.05) is 13.2 Å². The van der Waals surface area contributed by atoms with Gasteiger partial charge in [-0.2, -0.15) is 0 Å². The summed E-state index contributed by atoms with van der Waals surface area (Å²) in [7, 11) is 0. The van der Waals surface area contributed by atoms with Gasteiger partial charge in [0.2, 0.25) is 0 Å². The third kappa shape index (κ3) is 2.35. The molecule has 2 fully saturated rings. The van der Waals surface area contributed by atoms with Crippen LogP contribution >= 0.6 is 0 Å². The Morgan fingerprint density at radius 1 is 1.18 bits per heavy atom. The highest BCUT2D eigenvalue weighted by Crippen LogP contribution is 2.48. The smallest absolute Gasteiger partial charge is 0.310 e. The monoisotopic (exact) mass is 240 g/mol. The lowest BCUT2D eigenvalue weighted by Crippen LogP contribution is -2.45. The summed E-state index contributed by atoms with van der Waals surface area (Å²) in [6, 6.07) is 0.